The van der Waals surface area contributed by atoms with Crippen LogP contribution in [0.2, 0.25) is 0 Å². The molecule has 0 fully saturated rings. The Morgan fingerprint density at radius 1 is 0.610 bits per heavy atom. The minimum Gasteiger partial charge on any atom is -0.310 e. The van der Waals surface area contributed by atoms with E-state index >= 15 is 0 Å². The van der Waals surface area contributed by atoms with E-state index in [2.05, 4.69) is 135 Å². The van der Waals surface area contributed by atoms with Crippen LogP contribution in [-0.2, 0) is 5.41 Å². The SMILES string of the molecule is Cc1ccc2c(c1)C(C)(C)c1cc(N(c3ccccc3)c3ccc(-c4ccccc4C#N)cc3)c3ccccc3c1-2. The van der Waals surface area contributed by atoms with Gasteiger partial charge in [0.2, 0.25) is 0 Å². The Hall–Kier alpha value is -5.13. The largest absolute Gasteiger partial charge is 0.310 e. The lowest BCUT2D eigenvalue weighted by molar-refractivity contribution is 0.660. The molecule has 0 heterocycles. The summed E-state index contributed by atoms with van der Waals surface area (Å²) in [5.41, 5.74) is 12.6. The summed E-state index contributed by atoms with van der Waals surface area (Å²) in [6.07, 6.45) is 0. The fraction of sp³-hybridized carbons (Fsp3) is 0.103. The molecule has 2 heteroatoms. The van der Waals surface area contributed by atoms with E-state index in [4.69, 9.17) is 0 Å². The normalized spacial score (nSPS) is 12.9. The summed E-state index contributed by atoms with van der Waals surface area (Å²) in [6, 6.07) is 47.4. The highest BCUT2D eigenvalue weighted by atomic mass is 15.1. The summed E-state index contributed by atoms with van der Waals surface area (Å²) in [6.45, 7) is 6.88. The molecule has 0 spiro atoms. The Balaban J connectivity index is 1.47. The first-order chi connectivity index (χ1) is 20.0. The van der Waals surface area contributed by atoms with E-state index in [0.29, 0.717) is 5.56 Å². The van der Waals surface area contributed by atoms with Gasteiger partial charge in [0.15, 0.2) is 0 Å². The van der Waals surface area contributed by atoms with E-state index in [9.17, 15) is 5.26 Å². The molecule has 0 aromatic heterocycles. The maximum absolute atomic E-state index is 9.66. The van der Waals surface area contributed by atoms with Gasteiger partial charge in [-0.15, -0.1) is 0 Å². The number of anilines is 3. The van der Waals surface area contributed by atoms with Gasteiger partial charge >= 0.3 is 0 Å². The van der Waals surface area contributed by atoms with E-state index in [1.165, 1.54) is 38.6 Å². The highest BCUT2D eigenvalue weighted by molar-refractivity contribution is 6.10. The lowest BCUT2D eigenvalue weighted by atomic mass is 9.81. The van der Waals surface area contributed by atoms with Crippen LogP contribution in [0.3, 0.4) is 0 Å². The topological polar surface area (TPSA) is 27.0 Å². The van der Waals surface area contributed by atoms with Crippen LogP contribution in [0.1, 0.15) is 36.1 Å². The van der Waals surface area contributed by atoms with Crippen molar-refractivity contribution in [3.63, 3.8) is 0 Å². The van der Waals surface area contributed by atoms with Crippen molar-refractivity contribution in [2.24, 2.45) is 0 Å². The molecule has 0 saturated heterocycles. The molecule has 0 radical (unpaired) electrons. The van der Waals surface area contributed by atoms with Crippen LogP contribution in [0, 0.1) is 18.3 Å². The molecular formula is C39H30N2. The monoisotopic (exact) mass is 526 g/mol. The molecule has 1 aliphatic carbocycles. The average Bonchev–Trinajstić information content (AvgIpc) is 3.24. The predicted octanol–water partition coefficient (Wildman–Crippen LogP) is 10.5. The van der Waals surface area contributed by atoms with Gasteiger partial charge in [0, 0.05) is 22.2 Å². The van der Waals surface area contributed by atoms with Crippen molar-refractivity contribution in [1.82, 2.24) is 0 Å². The van der Waals surface area contributed by atoms with Gasteiger partial charge < -0.3 is 4.90 Å². The first kappa shape index (κ1) is 24.9. The van der Waals surface area contributed by atoms with Crippen LogP contribution >= 0.6 is 0 Å². The average molecular weight is 527 g/mol. The number of nitriles is 1. The quantitative estimate of drug-likeness (QED) is 0.228. The number of aryl methyl sites for hydroxylation is 1. The van der Waals surface area contributed by atoms with Crippen LogP contribution in [0.15, 0.2) is 127 Å². The summed E-state index contributed by atoms with van der Waals surface area (Å²) in [5, 5.41) is 12.2. The van der Waals surface area contributed by atoms with E-state index < -0.39 is 0 Å². The van der Waals surface area contributed by atoms with E-state index in [-0.39, 0.29) is 5.41 Å². The van der Waals surface area contributed by atoms with Crippen molar-refractivity contribution in [3.05, 3.63) is 150 Å². The molecule has 0 bridgehead atoms. The second-order valence-electron chi connectivity index (χ2n) is 11.4. The molecular weight excluding hydrogens is 496 g/mol. The maximum Gasteiger partial charge on any atom is 0.0998 e. The standard InChI is InChI=1S/C39H30N2/c1-26-17-22-34-35(23-26)39(2,3)36-24-37(32-15-9-10-16-33(32)38(34)36)41(29-12-5-4-6-13-29)30-20-18-27(19-21-30)31-14-8-7-11-28(31)25-40/h4-24H,1-3H3. The first-order valence-corrected chi connectivity index (χ1v) is 14.1. The molecule has 0 amide bonds. The van der Waals surface area contributed by atoms with Crippen molar-refractivity contribution in [1.29, 1.82) is 5.26 Å². The summed E-state index contributed by atoms with van der Waals surface area (Å²) in [4.78, 5) is 2.37. The number of benzene rings is 6. The molecule has 0 atom stereocenters. The van der Waals surface area contributed by atoms with Gasteiger partial charge in [0.05, 0.1) is 17.3 Å². The molecule has 2 nitrogen and oxygen atoms in total. The van der Waals surface area contributed by atoms with Crippen molar-refractivity contribution >= 4 is 27.8 Å². The van der Waals surface area contributed by atoms with Crippen molar-refractivity contribution in [2.75, 3.05) is 4.90 Å². The van der Waals surface area contributed by atoms with Crippen LogP contribution in [0.4, 0.5) is 17.1 Å². The number of hydrogen-bond donors (Lipinski definition) is 0. The minimum absolute atomic E-state index is 0.122. The predicted molar refractivity (Wildman–Crippen MR) is 171 cm³/mol. The van der Waals surface area contributed by atoms with Gasteiger partial charge in [-0.3, -0.25) is 0 Å². The minimum atomic E-state index is -0.122. The summed E-state index contributed by atoms with van der Waals surface area (Å²) >= 11 is 0. The summed E-state index contributed by atoms with van der Waals surface area (Å²) in [5.74, 6) is 0. The van der Waals surface area contributed by atoms with Crippen molar-refractivity contribution in [2.45, 2.75) is 26.2 Å². The zero-order chi connectivity index (χ0) is 28.1. The molecule has 1 aliphatic rings. The third-order valence-electron chi connectivity index (χ3n) is 8.55. The third kappa shape index (κ3) is 3.93. The van der Waals surface area contributed by atoms with Crippen molar-refractivity contribution in [3.8, 4) is 28.3 Å². The maximum atomic E-state index is 9.66. The molecule has 6 aromatic carbocycles. The molecule has 7 rings (SSSR count). The van der Waals surface area contributed by atoms with Gasteiger partial charge in [0.1, 0.15) is 0 Å². The van der Waals surface area contributed by atoms with Gasteiger partial charge in [-0.2, -0.15) is 5.26 Å². The number of nitrogens with zero attached hydrogens (tertiary/aromatic N) is 2. The Morgan fingerprint density at radius 2 is 1.27 bits per heavy atom. The van der Waals surface area contributed by atoms with Gasteiger partial charge in [0.25, 0.3) is 0 Å². The summed E-state index contributed by atoms with van der Waals surface area (Å²) < 4.78 is 0. The first-order valence-electron chi connectivity index (χ1n) is 14.1. The fourth-order valence-corrected chi connectivity index (χ4v) is 6.49. The smallest absolute Gasteiger partial charge is 0.0998 e. The Kier molecular flexibility index (Phi) is 5.77. The zero-order valence-electron chi connectivity index (χ0n) is 23.5. The fourth-order valence-electron chi connectivity index (χ4n) is 6.49. The molecule has 0 N–H and O–H groups in total. The van der Waals surface area contributed by atoms with Gasteiger partial charge in [-0.05, 0) is 82.1 Å². The number of para-hydroxylation sites is 1. The Labute approximate surface area is 241 Å². The molecule has 0 unspecified atom stereocenters. The van der Waals surface area contributed by atoms with Gasteiger partial charge in [-0.25, -0.2) is 0 Å². The molecule has 196 valence electrons. The van der Waals surface area contributed by atoms with Gasteiger partial charge in [-0.1, -0.05) is 110 Å². The van der Waals surface area contributed by atoms with Crippen LogP contribution < -0.4 is 4.90 Å². The Bertz CT molecular complexity index is 1980. The molecule has 41 heavy (non-hydrogen) atoms. The third-order valence-corrected chi connectivity index (χ3v) is 8.55. The number of hydrogen-bond acceptors (Lipinski definition) is 2. The highest BCUT2D eigenvalue weighted by Gasteiger charge is 2.37. The second kappa shape index (κ2) is 9.51. The van der Waals surface area contributed by atoms with E-state index in [0.717, 1.165) is 28.2 Å². The number of rotatable bonds is 4. The zero-order valence-corrected chi connectivity index (χ0v) is 23.5. The highest BCUT2D eigenvalue weighted by Crippen LogP contribution is 2.54. The summed E-state index contributed by atoms with van der Waals surface area (Å²) in [7, 11) is 0. The van der Waals surface area contributed by atoms with Crippen molar-refractivity contribution < 1.29 is 0 Å². The second-order valence-corrected chi connectivity index (χ2v) is 11.4. The molecule has 6 aromatic rings. The van der Waals surface area contributed by atoms with Crippen LogP contribution in [0.25, 0.3) is 33.0 Å². The van der Waals surface area contributed by atoms with E-state index in [1.807, 2.05) is 24.3 Å². The van der Waals surface area contributed by atoms with Crippen LogP contribution in [0.5, 0.6) is 0 Å². The number of fused-ring (bicyclic) bond motifs is 5. The molecule has 0 saturated carbocycles. The van der Waals surface area contributed by atoms with E-state index in [1.54, 1.807) is 0 Å². The molecule has 0 aliphatic heterocycles. The lowest BCUT2D eigenvalue weighted by Gasteiger charge is -2.30. The Morgan fingerprint density at radius 3 is 2.02 bits per heavy atom. The lowest BCUT2D eigenvalue weighted by Crippen LogP contribution is -2.17. The van der Waals surface area contributed by atoms with Crippen LogP contribution in [-0.4, -0.2) is 0 Å².